The zero-order chi connectivity index (χ0) is 12.3. The van der Waals surface area contributed by atoms with Gasteiger partial charge in [0.05, 0.1) is 18.1 Å². The second-order valence-electron chi connectivity index (χ2n) is 5.39. The van der Waals surface area contributed by atoms with Crippen molar-refractivity contribution in [2.24, 2.45) is 11.8 Å². The highest BCUT2D eigenvalue weighted by atomic mass is 16.5. The predicted octanol–water partition coefficient (Wildman–Crippen LogP) is 1.08. The number of aliphatic hydroxyl groups excluding tert-OH is 1. The summed E-state index contributed by atoms with van der Waals surface area (Å²) >= 11 is 0. The first-order chi connectivity index (χ1) is 8.16. The summed E-state index contributed by atoms with van der Waals surface area (Å²) in [5.41, 5.74) is 0. The summed E-state index contributed by atoms with van der Waals surface area (Å²) in [6.07, 6.45) is 4.59. The standard InChI is InChI=1S/C13H23NO3/c1-9-12(6-7-17-9)13(16)14-8-10-2-4-11(15)5-3-10/h9-12,15H,2-8H2,1H3,(H,14,16). The molecule has 0 aromatic rings. The molecule has 98 valence electrons. The Labute approximate surface area is 103 Å². The van der Waals surface area contributed by atoms with Crippen molar-refractivity contribution in [1.29, 1.82) is 0 Å². The van der Waals surface area contributed by atoms with E-state index in [1.54, 1.807) is 0 Å². The molecule has 1 saturated carbocycles. The molecule has 1 aliphatic heterocycles. The van der Waals surface area contributed by atoms with Crippen LogP contribution in [-0.4, -0.2) is 36.4 Å². The third-order valence-electron chi connectivity index (χ3n) is 4.09. The monoisotopic (exact) mass is 241 g/mol. The first kappa shape index (κ1) is 12.8. The fraction of sp³-hybridized carbons (Fsp3) is 0.923. The van der Waals surface area contributed by atoms with Crippen LogP contribution >= 0.6 is 0 Å². The highest BCUT2D eigenvalue weighted by Crippen LogP contribution is 2.24. The molecule has 17 heavy (non-hydrogen) atoms. The van der Waals surface area contributed by atoms with Gasteiger partial charge in [-0.2, -0.15) is 0 Å². The van der Waals surface area contributed by atoms with Gasteiger partial charge in [-0.15, -0.1) is 0 Å². The van der Waals surface area contributed by atoms with Crippen molar-refractivity contribution in [2.45, 2.75) is 51.2 Å². The molecule has 2 aliphatic rings. The number of hydrogen-bond acceptors (Lipinski definition) is 3. The SMILES string of the molecule is CC1OCCC1C(=O)NCC1CCC(O)CC1. The summed E-state index contributed by atoms with van der Waals surface area (Å²) in [6.45, 7) is 3.43. The normalized spacial score (nSPS) is 38.0. The number of ether oxygens (including phenoxy) is 1. The van der Waals surface area contributed by atoms with Crippen LogP contribution in [0.2, 0.25) is 0 Å². The Bertz CT molecular complexity index is 261. The van der Waals surface area contributed by atoms with E-state index in [4.69, 9.17) is 4.74 Å². The molecule has 2 rings (SSSR count). The molecule has 1 amide bonds. The number of carbonyl (C=O) groups excluding carboxylic acids is 1. The average Bonchev–Trinajstić information content (AvgIpc) is 2.74. The second kappa shape index (κ2) is 5.83. The molecular formula is C13H23NO3. The summed E-state index contributed by atoms with van der Waals surface area (Å²) in [4.78, 5) is 11.9. The number of rotatable bonds is 3. The van der Waals surface area contributed by atoms with Gasteiger partial charge in [0.1, 0.15) is 0 Å². The van der Waals surface area contributed by atoms with E-state index < -0.39 is 0 Å². The van der Waals surface area contributed by atoms with Crippen molar-refractivity contribution in [1.82, 2.24) is 5.32 Å². The molecule has 1 aliphatic carbocycles. The molecule has 4 nitrogen and oxygen atoms in total. The van der Waals surface area contributed by atoms with Crippen LogP contribution in [0.3, 0.4) is 0 Å². The van der Waals surface area contributed by atoms with Crippen molar-refractivity contribution in [3.8, 4) is 0 Å². The van der Waals surface area contributed by atoms with Gasteiger partial charge in [-0.3, -0.25) is 4.79 Å². The Hall–Kier alpha value is -0.610. The lowest BCUT2D eigenvalue weighted by Gasteiger charge is -2.26. The van der Waals surface area contributed by atoms with Gasteiger partial charge >= 0.3 is 0 Å². The smallest absolute Gasteiger partial charge is 0.225 e. The van der Waals surface area contributed by atoms with Gasteiger partial charge in [-0.25, -0.2) is 0 Å². The molecule has 0 aromatic carbocycles. The number of nitrogens with one attached hydrogen (secondary N) is 1. The van der Waals surface area contributed by atoms with Crippen molar-refractivity contribution < 1.29 is 14.6 Å². The summed E-state index contributed by atoms with van der Waals surface area (Å²) in [7, 11) is 0. The van der Waals surface area contributed by atoms with Crippen LogP contribution in [0, 0.1) is 11.8 Å². The van der Waals surface area contributed by atoms with E-state index in [0.717, 1.165) is 38.6 Å². The highest BCUT2D eigenvalue weighted by molar-refractivity contribution is 5.79. The summed E-state index contributed by atoms with van der Waals surface area (Å²) in [5.74, 6) is 0.713. The van der Waals surface area contributed by atoms with Gasteiger partial charge in [0.15, 0.2) is 0 Å². The lowest BCUT2D eigenvalue weighted by molar-refractivity contribution is -0.126. The molecule has 2 unspecified atom stereocenters. The minimum absolute atomic E-state index is 0.0316. The largest absolute Gasteiger partial charge is 0.393 e. The van der Waals surface area contributed by atoms with Crippen LogP contribution in [0.15, 0.2) is 0 Å². The number of amides is 1. The van der Waals surface area contributed by atoms with Crippen LogP contribution in [0.25, 0.3) is 0 Å². The summed E-state index contributed by atoms with van der Waals surface area (Å²) in [6, 6.07) is 0. The number of carbonyl (C=O) groups is 1. The van der Waals surface area contributed by atoms with Crippen LogP contribution < -0.4 is 5.32 Å². The lowest BCUT2D eigenvalue weighted by Crippen LogP contribution is -2.38. The van der Waals surface area contributed by atoms with E-state index in [9.17, 15) is 9.90 Å². The maximum atomic E-state index is 11.9. The molecule has 4 heteroatoms. The third-order valence-corrected chi connectivity index (χ3v) is 4.09. The summed E-state index contributed by atoms with van der Waals surface area (Å²) < 4.78 is 5.40. The molecule has 0 bridgehead atoms. The third kappa shape index (κ3) is 3.42. The topological polar surface area (TPSA) is 58.6 Å². The fourth-order valence-corrected chi connectivity index (χ4v) is 2.80. The highest BCUT2D eigenvalue weighted by Gasteiger charge is 2.31. The Morgan fingerprint density at radius 3 is 2.59 bits per heavy atom. The van der Waals surface area contributed by atoms with Gasteiger partial charge in [-0.1, -0.05) is 0 Å². The second-order valence-corrected chi connectivity index (χ2v) is 5.39. The van der Waals surface area contributed by atoms with E-state index in [-0.39, 0.29) is 24.0 Å². The van der Waals surface area contributed by atoms with E-state index in [1.165, 1.54) is 0 Å². The van der Waals surface area contributed by atoms with Crippen molar-refractivity contribution in [3.63, 3.8) is 0 Å². The molecule has 1 saturated heterocycles. The van der Waals surface area contributed by atoms with Crippen molar-refractivity contribution in [2.75, 3.05) is 13.2 Å². The molecule has 2 fully saturated rings. The van der Waals surface area contributed by atoms with Gasteiger partial charge < -0.3 is 15.2 Å². The Balaban J connectivity index is 1.69. The molecule has 0 spiro atoms. The van der Waals surface area contributed by atoms with Crippen LogP contribution in [-0.2, 0) is 9.53 Å². The maximum absolute atomic E-state index is 11.9. The summed E-state index contributed by atoms with van der Waals surface area (Å²) in [5, 5.41) is 12.4. The first-order valence-corrected chi connectivity index (χ1v) is 6.74. The van der Waals surface area contributed by atoms with Gasteiger partial charge in [0.25, 0.3) is 0 Å². The van der Waals surface area contributed by atoms with Gasteiger partial charge in [0, 0.05) is 13.2 Å². The molecule has 0 radical (unpaired) electrons. The van der Waals surface area contributed by atoms with Crippen LogP contribution in [0.1, 0.15) is 39.0 Å². The Morgan fingerprint density at radius 1 is 1.29 bits per heavy atom. The zero-order valence-corrected chi connectivity index (χ0v) is 10.5. The van der Waals surface area contributed by atoms with Crippen LogP contribution in [0.5, 0.6) is 0 Å². The minimum atomic E-state index is -0.120. The van der Waals surface area contributed by atoms with Gasteiger partial charge in [-0.05, 0) is 44.9 Å². The predicted molar refractivity (Wildman–Crippen MR) is 64.5 cm³/mol. The number of hydrogen-bond donors (Lipinski definition) is 2. The average molecular weight is 241 g/mol. The molecule has 1 heterocycles. The maximum Gasteiger partial charge on any atom is 0.225 e. The Kier molecular flexibility index (Phi) is 4.40. The van der Waals surface area contributed by atoms with Gasteiger partial charge in [0.2, 0.25) is 5.91 Å². The van der Waals surface area contributed by atoms with E-state index in [0.29, 0.717) is 12.5 Å². The van der Waals surface area contributed by atoms with E-state index in [2.05, 4.69) is 5.32 Å². The zero-order valence-electron chi connectivity index (χ0n) is 10.5. The molecule has 2 atom stereocenters. The Morgan fingerprint density at radius 2 is 2.00 bits per heavy atom. The fourth-order valence-electron chi connectivity index (χ4n) is 2.80. The van der Waals surface area contributed by atoms with Crippen molar-refractivity contribution in [3.05, 3.63) is 0 Å². The van der Waals surface area contributed by atoms with E-state index >= 15 is 0 Å². The number of aliphatic hydroxyl groups is 1. The van der Waals surface area contributed by atoms with Crippen molar-refractivity contribution >= 4 is 5.91 Å². The molecule has 0 aromatic heterocycles. The van der Waals surface area contributed by atoms with E-state index in [1.807, 2.05) is 6.92 Å². The molecule has 2 N–H and O–H groups in total. The lowest BCUT2D eigenvalue weighted by atomic mass is 9.87. The van der Waals surface area contributed by atoms with Crippen LogP contribution in [0.4, 0.5) is 0 Å². The molecular weight excluding hydrogens is 218 g/mol. The first-order valence-electron chi connectivity index (χ1n) is 6.74. The quantitative estimate of drug-likeness (QED) is 0.777. The minimum Gasteiger partial charge on any atom is -0.393 e.